The molecule has 44 heavy (non-hydrogen) atoms. The summed E-state index contributed by atoms with van der Waals surface area (Å²) in [6, 6.07) is -2.97. The molecule has 208 valence electrons. The molecule has 3 rings (SSSR count). The molecular formula is C22H21B11F3N3O5. The Hall–Kier alpha value is -1.46. The highest BCUT2D eigenvalue weighted by molar-refractivity contribution is 6.74. The molecule has 2 aliphatic heterocycles. The smallest absolute Gasteiger partial charge is 0.356 e. The average Bonchev–Trinajstić information content (AvgIpc) is 3.33. The van der Waals surface area contributed by atoms with E-state index in [1.165, 1.54) is 0 Å². The highest BCUT2D eigenvalue weighted by Gasteiger charge is 2.62. The van der Waals surface area contributed by atoms with Gasteiger partial charge in [0.15, 0.2) is 5.78 Å². The number of nitrogens with one attached hydrogen (secondary N) is 2. The van der Waals surface area contributed by atoms with Gasteiger partial charge in [0.05, 0.1) is 92.4 Å². The van der Waals surface area contributed by atoms with Gasteiger partial charge in [0, 0.05) is 19.0 Å². The van der Waals surface area contributed by atoms with E-state index in [4.69, 9.17) is 86.3 Å². The summed E-state index contributed by atoms with van der Waals surface area (Å²) in [5, 5.41) is -9.31. The standard InChI is InChI=1S/C22H21B11F3N3O5/c23-17(24,19(26,27)18(25,20(28,29)30)21(31,32)33)15(43)39-8-16(2-3-16)6-11(39)14(42)38-10(5-9-1-4-37-13(9)41)12(40)7-44-22(34,35)36/h9-11H,1-8H2,(H,37,41)(H,38,42)/t9-,10-,11-/m0/s1. The van der Waals surface area contributed by atoms with E-state index < -0.39 is 85.9 Å². The summed E-state index contributed by atoms with van der Waals surface area (Å²) in [4.78, 5) is 53.4. The van der Waals surface area contributed by atoms with Crippen LogP contribution in [0, 0.1) is 11.3 Å². The molecular weight excluding hydrogens is 562 g/mol. The largest absolute Gasteiger partial charge is 0.522 e. The van der Waals surface area contributed by atoms with Gasteiger partial charge >= 0.3 is 6.36 Å². The van der Waals surface area contributed by atoms with Crippen molar-refractivity contribution >= 4 is 110 Å². The summed E-state index contributed by atoms with van der Waals surface area (Å²) in [5.74, 6) is -4.62. The number of alkyl halides is 3. The van der Waals surface area contributed by atoms with Crippen LogP contribution in [0.1, 0.15) is 32.1 Å². The van der Waals surface area contributed by atoms with E-state index in [-0.39, 0.29) is 32.4 Å². The molecule has 0 unspecified atom stereocenters. The molecule has 3 aliphatic rings. The molecule has 22 heteroatoms. The van der Waals surface area contributed by atoms with Gasteiger partial charge in [-0.2, -0.15) is 0 Å². The molecule has 1 saturated carbocycles. The fourth-order valence-electron chi connectivity index (χ4n) is 5.82. The van der Waals surface area contributed by atoms with Gasteiger partial charge in [-0.1, -0.05) is 0 Å². The van der Waals surface area contributed by atoms with Crippen molar-refractivity contribution in [2.75, 3.05) is 19.7 Å². The zero-order valence-electron chi connectivity index (χ0n) is 23.9. The van der Waals surface area contributed by atoms with Crippen LogP contribution in [0.25, 0.3) is 0 Å². The molecule has 1 aliphatic carbocycles. The molecule has 2 heterocycles. The molecule has 0 aromatic heterocycles. The van der Waals surface area contributed by atoms with Crippen LogP contribution in [0.5, 0.6) is 0 Å². The predicted octanol–water partition coefficient (Wildman–Crippen LogP) is -3.12. The van der Waals surface area contributed by atoms with E-state index in [1.807, 2.05) is 0 Å². The lowest BCUT2D eigenvalue weighted by atomic mass is 9.04. The lowest BCUT2D eigenvalue weighted by Crippen LogP contribution is -2.60. The number of hydrogen-bond donors (Lipinski definition) is 2. The number of amides is 3. The van der Waals surface area contributed by atoms with Gasteiger partial charge in [0.25, 0.3) is 0 Å². The summed E-state index contributed by atoms with van der Waals surface area (Å²) in [5.41, 5.74) is -0.553. The van der Waals surface area contributed by atoms with Crippen molar-refractivity contribution in [3.05, 3.63) is 0 Å². The first-order valence-electron chi connectivity index (χ1n) is 13.5. The topological polar surface area (TPSA) is 105 Å². The van der Waals surface area contributed by atoms with Crippen LogP contribution in [-0.2, 0) is 23.9 Å². The van der Waals surface area contributed by atoms with Crippen molar-refractivity contribution < 1.29 is 37.1 Å². The maximum absolute atomic E-state index is 14.0. The summed E-state index contributed by atoms with van der Waals surface area (Å²) < 4.78 is 41.6. The van der Waals surface area contributed by atoms with E-state index in [1.54, 1.807) is 0 Å². The van der Waals surface area contributed by atoms with Crippen molar-refractivity contribution in [3.8, 4) is 0 Å². The Morgan fingerprint density at radius 1 is 0.977 bits per heavy atom. The molecule has 1 spiro atoms. The number of nitrogens with zero attached hydrogens (tertiary/aromatic N) is 1. The number of hydrogen-bond acceptors (Lipinski definition) is 5. The first kappa shape index (κ1) is 37.0. The molecule has 0 aromatic rings. The minimum atomic E-state index is -5.13. The third-order valence-corrected chi connectivity index (χ3v) is 8.85. The molecule has 22 radical (unpaired) electrons. The highest BCUT2D eigenvalue weighted by atomic mass is 19.4. The zero-order valence-corrected chi connectivity index (χ0v) is 23.9. The molecule has 0 bridgehead atoms. The normalized spacial score (nSPS) is 23.2. The summed E-state index contributed by atoms with van der Waals surface area (Å²) in [7, 11) is 65.6. The van der Waals surface area contributed by atoms with Gasteiger partial charge in [-0.05, 0) is 42.7 Å². The molecule has 3 fully saturated rings. The maximum Gasteiger partial charge on any atom is 0.522 e. The van der Waals surface area contributed by atoms with Gasteiger partial charge in [0.2, 0.25) is 17.7 Å². The highest BCUT2D eigenvalue weighted by Crippen LogP contribution is 2.73. The Bertz CT molecular complexity index is 1160. The van der Waals surface area contributed by atoms with Crippen molar-refractivity contribution in [2.24, 2.45) is 11.3 Å². The first-order chi connectivity index (χ1) is 19.7. The Morgan fingerprint density at radius 3 is 1.95 bits per heavy atom. The molecule has 3 amide bonds. The second-order valence-electron chi connectivity index (χ2n) is 12.3. The first-order valence-corrected chi connectivity index (χ1v) is 13.5. The van der Waals surface area contributed by atoms with E-state index in [9.17, 15) is 32.3 Å². The van der Waals surface area contributed by atoms with Gasteiger partial charge in [-0.3, -0.25) is 23.9 Å². The van der Waals surface area contributed by atoms with Gasteiger partial charge in [-0.15, -0.1) is 33.9 Å². The number of carbonyl (C=O) groups is 4. The Morgan fingerprint density at radius 2 is 1.52 bits per heavy atom. The second kappa shape index (κ2) is 12.0. The zero-order chi connectivity index (χ0) is 33.9. The third kappa shape index (κ3) is 6.95. The minimum Gasteiger partial charge on any atom is -0.356 e. The maximum atomic E-state index is 14.0. The van der Waals surface area contributed by atoms with Crippen LogP contribution >= 0.6 is 0 Å². The molecule has 0 aromatic carbocycles. The Balaban J connectivity index is 1.93. The van der Waals surface area contributed by atoms with Crippen molar-refractivity contribution in [1.82, 2.24) is 15.5 Å². The number of ketones is 1. The third-order valence-electron chi connectivity index (χ3n) is 8.85. The molecule has 3 atom stereocenters. The second-order valence-corrected chi connectivity index (χ2v) is 12.3. The van der Waals surface area contributed by atoms with Crippen LogP contribution in [0.15, 0.2) is 0 Å². The van der Waals surface area contributed by atoms with E-state index in [0.29, 0.717) is 12.8 Å². The lowest BCUT2D eigenvalue weighted by molar-refractivity contribution is -0.321. The van der Waals surface area contributed by atoms with Crippen LogP contribution < -0.4 is 10.6 Å². The number of Topliss-reactive ketones (excluding diaryl/α,β-unsaturated/α-hetero) is 1. The van der Waals surface area contributed by atoms with Crippen LogP contribution in [0.3, 0.4) is 0 Å². The van der Waals surface area contributed by atoms with Gasteiger partial charge in [-0.25, -0.2) is 0 Å². The predicted molar refractivity (Wildman–Crippen MR) is 163 cm³/mol. The van der Waals surface area contributed by atoms with Gasteiger partial charge in [0.1, 0.15) is 12.6 Å². The fourth-order valence-corrected chi connectivity index (χ4v) is 5.82. The van der Waals surface area contributed by atoms with E-state index >= 15 is 0 Å². The Labute approximate surface area is 269 Å². The van der Waals surface area contributed by atoms with Crippen LogP contribution in [-0.4, -0.2) is 153 Å². The van der Waals surface area contributed by atoms with Gasteiger partial charge < -0.3 is 15.5 Å². The fraction of sp³-hybridized carbons (Fsp3) is 0.818. The lowest BCUT2D eigenvalue weighted by Gasteiger charge is -2.69. The van der Waals surface area contributed by atoms with Crippen molar-refractivity contribution in [2.45, 2.75) is 76.5 Å². The molecule has 8 nitrogen and oxygen atoms in total. The summed E-state index contributed by atoms with van der Waals surface area (Å²) >= 11 is 0. The molecule has 2 N–H and O–H groups in total. The number of ether oxygens (including phenoxy) is 1. The van der Waals surface area contributed by atoms with Crippen LogP contribution in [0.4, 0.5) is 13.2 Å². The van der Waals surface area contributed by atoms with Crippen molar-refractivity contribution in [1.29, 1.82) is 0 Å². The van der Waals surface area contributed by atoms with E-state index in [2.05, 4.69) is 15.4 Å². The summed E-state index contributed by atoms with van der Waals surface area (Å²) in [6.45, 7) is -1.26. The van der Waals surface area contributed by atoms with Crippen LogP contribution in [0.2, 0.25) is 26.0 Å². The summed E-state index contributed by atoms with van der Waals surface area (Å²) in [6.07, 6.45) is -3.99. The quantitative estimate of drug-likeness (QED) is 0.237. The average molecular weight is 583 g/mol. The van der Waals surface area contributed by atoms with Crippen molar-refractivity contribution in [3.63, 3.8) is 0 Å². The molecule has 2 saturated heterocycles. The Kier molecular flexibility index (Phi) is 10.1. The SMILES string of the molecule is [B]C([B])([B])C([B])(C([B])([B])[B])C([B])([B])C([B])([B])C(=O)N1CC2(CC2)C[C@H]1C(=O)N[C@@H](C[C@@H]1CCNC1=O)C(=O)COC(F)(F)F. The number of rotatable bonds is 12. The minimum absolute atomic E-state index is 0.0453. The monoisotopic (exact) mass is 585 g/mol. The van der Waals surface area contributed by atoms with E-state index in [0.717, 1.165) is 4.90 Å². The number of carbonyl (C=O) groups excluding carboxylic acids is 4. The number of likely N-dealkylation sites (tertiary alicyclic amines) is 1. The number of halogens is 3.